The SMILES string of the molecule is O=C(NCCNC(=O)C1CC1)c1nn(-c2ccccc2)c2c1CCC2. The summed E-state index contributed by atoms with van der Waals surface area (Å²) in [6, 6.07) is 9.92. The van der Waals surface area contributed by atoms with Crippen molar-refractivity contribution in [2.45, 2.75) is 32.1 Å². The predicted molar refractivity (Wildman–Crippen MR) is 93.7 cm³/mol. The number of carbonyl (C=O) groups excluding carboxylic acids is 2. The molecule has 2 N–H and O–H groups in total. The minimum Gasteiger partial charge on any atom is -0.354 e. The number of rotatable bonds is 6. The molecule has 2 aromatic rings. The second-order valence-electron chi connectivity index (χ2n) is 6.70. The Balaban J connectivity index is 1.43. The van der Waals surface area contributed by atoms with Crippen LogP contribution < -0.4 is 10.6 Å². The van der Waals surface area contributed by atoms with Gasteiger partial charge in [-0.25, -0.2) is 4.68 Å². The fourth-order valence-corrected chi connectivity index (χ4v) is 3.34. The third kappa shape index (κ3) is 3.29. The maximum absolute atomic E-state index is 12.5. The third-order valence-corrected chi connectivity index (χ3v) is 4.80. The fourth-order valence-electron chi connectivity index (χ4n) is 3.34. The summed E-state index contributed by atoms with van der Waals surface area (Å²) in [6.07, 6.45) is 4.87. The maximum atomic E-state index is 12.5. The number of nitrogens with one attached hydrogen (secondary N) is 2. The van der Waals surface area contributed by atoms with E-state index in [1.54, 1.807) is 0 Å². The van der Waals surface area contributed by atoms with E-state index in [2.05, 4.69) is 15.7 Å². The maximum Gasteiger partial charge on any atom is 0.272 e. The summed E-state index contributed by atoms with van der Waals surface area (Å²) in [5.41, 5.74) is 3.70. The van der Waals surface area contributed by atoms with Gasteiger partial charge in [0.15, 0.2) is 5.69 Å². The highest BCUT2D eigenvalue weighted by atomic mass is 16.2. The lowest BCUT2D eigenvalue weighted by atomic mass is 10.2. The van der Waals surface area contributed by atoms with Gasteiger partial charge in [-0.05, 0) is 44.2 Å². The van der Waals surface area contributed by atoms with Gasteiger partial charge in [0.2, 0.25) is 5.91 Å². The summed E-state index contributed by atoms with van der Waals surface area (Å²) in [5.74, 6) is 0.137. The van der Waals surface area contributed by atoms with Crippen molar-refractivity contribution in [1.82, 2.24) is 20.4 Å². The van der Waals surface area contributed by atoms with Crippen LogP contribution in [0.25, 0.3) is 5.69 Å². The Hall–Kier alpha value is -2.63. The van der Waals surface area contributed by atoms with E-state index in [9.17, 15) is 9.59 Å². The molecule has 1 aromatic heterocycles. The van der Waals surface area contributed by atoms with Crippen molar-refractivity contribution in [2.75, 3.05) is 13.1 Å². The lowest BCUT2D eigenvalue weighted by Crippen LogP contribution is -2.35. The van der Waals surface area contributed by atoms with E-state index >= 15 is 0 Å². The molecule has 6 nitrogen and oxygen atoms in total. The number of hydrogen-bond donors (Lipinski definition) is 2. The van der Waals surface area contributed by atoms with Gasteiger partial charge in [0.25, 0.3) is 5.91 Å². The quantitative estimate of drug-likeness (QED) is 0.786. The van der Waals surface area contributed by atoms with E-state index in [1.807, 2.05) is 35.0 Å². The minimum atomic E-state index is -0.159. The molecule has 2 aliphatic rings. The van der Waals surface area contributed by atoms with Crippen molar-refractivity contribution in [1.29, 1.82) is 0 Å². The highest BCUT2D eigenvalue weighted by Gasteiger charge is 2.29. The molecule has 0 bridgehead atoms. The molecule has 0 aliphatic heterocycles. The van der Waals surface area contributed by atoms with E-state index in [4.69, 9.17) is 0 Å². The number of amides is 2. The van der Waals surface area contributed by atoms with Crippen LogP contribution in [0.2, 0.25) is 0 Å². The van der Waals surface area contributed by atoms with Gasteiger partial charge in [-0.3, -0.25) is 9.59 Å². The van der Waals surface area contributed by atoms with Crippen LogP contribution in [-0.4, -0.2) is 34.7 Å². The molecule has 1 aromatic carbocycles. The molecule has 0 unspecified atom stereocenters. The highest BCUT2D eigenvalue weighted by molar-refractivity contribution is 5.94. The summed E-state index contributed by atoms with van der Waals surface area (Å²) in [7, 11) is 0. The van der Waals surface area contributed by atoms with Gasteiger partial charge in [0.1, 0.15) is 0 Å². The number of carbonyl (C=O) groups is 2. The molecule has 25 heavy (non-hydrogen) atoms. The van der Waals surface area contributed by atoms with E-state index in [0.717, 1.165) is 49.0 Å². The standard InChI is InChI=1S/C19H22N4O2/c24-18(13-9-10-13)20-11-12-21-19(25)17-15-7-4-8-16(15)23(22-17)14-5-2-1-3-6-14/h1-3,5-6,13H,4,7-12H2,(H,20,24)(H,21,25). The van der Waals surface area contributed by atoms with Crippen LogP contribution in [-0.2, 0) is 17.6 Å². The second-order valence-corrected chi connectivity index (χ2v) is 6.70. The first-order valence-corrected chi connectivity index (χ1v) is 8.96. The topological polar surface area (TPSA) is 76.0 Å². The molecule has 2 aliphatic carbocycles. The van der Waals surface area contributed by atoms with E-state index in [0.29, 0.717) is 18.8 Å². The zero-order valence-electron chi connectivity index (χ0n) is 14.1. The van der Waals surface area contributed by atoms with Gasteiger partial charge in [-0.2, -0.15) is 5.10 Å². The predicted octanol–water partition coefficient (Wildman–Crippen LogP) is 1.62. The Bertz CT molecular complexity index is 793. The van der Waals surface area contributed by atoms with Crippen LogP contribution in [0.5, 0.6) is 0 Å². The molecule has 1 fully saturated rings. The van der Waals surface area contributed by atoms with Crippen LogP contribution in [0.4, 0.5) is 0 Å². The van der Waals surface area contributed by atoms with Crippen molar-refractivity contribution < 1.29 is 9.59 Å². The number of para-hydroxylation sites is 1. The number of benzene rings is 1. The summed E-state index contributed by atoms with van der Waals surface area (Å²) in [4.78, 5) is 24.1. The molecule has 6 heteroatoms. The van der Waals surface area contributed by atoms with Crippen LogP contribution in [0, 0.1) is 5.92 Å². The summed E-state index contributed by atoms with van der Waals surface area (Å²) < 4.78 is 1.89. The lowest BCUT2D eigenvalue weighted by molar-refractivity contribution is -0.122. The van der Waals surface area contributed by atoms with Crippen molar-refractivity contribution in [3.63, 3.8) is 0 Å². The molecule has 0 spiro atoms. The van der Waals surface area contributed by atoms with Crippen LogP contribution in [0.1, 0.15) is 41.0 Å². The molecule has 0 saturated heterocycles. The first kappa shape index (κ1) is 15.9. The Kier molecular flexibility index (Phi) is 4.26. The number of hydrogen-bond acceptors (Lipinski definition) is 3. The Morgan fingerprint density at radius 3 is 2.60 bits per heavy atom. The number of fused-ring (bicyclic) bond motifs is 1. The Labute approximate surface area is 146 Å². The molecule has 1 heterocycles. The van der Waals surface area contributed by atoms with Crippen molar-refractivity contribution in [3.05, 3.63) is 47.3 Å². The zero-order chi connectivity index (χ0) is 17.2. The Morgan fingerprint density at radius 1 is 1.08 bits per heavy atom. The third-order valence-electron chi connectivity index (χ3n) is 4.80. The molecule has 2 amide bonds. The van der Waals surface area contributed by atoms with Gasteiger partial charge in [0.05, 0.1) is 5.69 Å². The van der Waals surface area contributed by atoms with E-state index in [1.165, 1.54) is 0 Å². The average molecular weight is 338 g/mol. The van der Waals surface area contributed by atoms with Gasteiger partial charge < -0.3 is 10.6 Å². The van der Waals surface area contributed by atoms with Crippen molar-refractivity contribution in [3.8, 4) is 5.69 Å². The van der Waals surface area contributed by atoms with Crippen molar-refractivity contribution in [2.24, 2.45) is 5.92 Å². The van der Waals surface area contributed by atoms with Gasteiger partial charge in [-0.1, -0.05) is 18.2 Å². The van der Waals surface area contributed by atoms with E-state index in [-0.39, 0.29) is 17.7 Å². The lowest BCUT2D eigenvalue weighted by Gasteiger charge is -2.06. The van der Waals surface area contributed by atoms with Crippen LogP contribution >= 0.6 is 0 Å². The second kappa shape index (κ2) is 6.70. The largest absolute Gasteiger partial charge is 0.354 e. The summed E-state index contributed by atoms with van der Waals surface area (Å²) in [6.45, 7) is 0.882. The molecule has 1 saturated carbocycles. The molecule has 0 atom stereocenters. The highest BCUT2D eigenvalue weighted by Crippen LogP contribution is 2.29. The van der Waals surface area contributed by atoms with E-state index < -0.39 is 0 Å². The average Bonchev–Trinajstić information content (AvgIpc) is 3.27. The molecule has 4 rings (SSSR count). The van der Waals surface area contributed by atoms with Gasteiger partial charge >= 0.3 is 0 Å². The first-order valence-electron chi connectivity index (χ1n) is 8.96. The molecular weight excluding hydrogens is 316 g/mol. The van der Waals surface area contributed by atoms with Crippen LogP contribution in [0.15, 0.2) is 30.3 Å². The molecule has 0 radical (unpaired) electrons. The fraction of sp³-hybridized carbons (Fsp3) is 0.421. The Morgan fingerprint density at radius 2 is 1.84 bits per heavy atom. The summed E-state index contributed by atoms with van der Waals surface area (Å²) in [5, 5.41) is 10.3. The van der Waals surface area contributed by atoms with Gasteiger partial charge in [-0.15, -0.1) is 0 Å². The van der Waals surface area contributed by atoms with Gasteiger partial charge in [0, 0.05) is 30.3 Å². The summed E-state index contributed by atoms with van der Waals surface area (Å²) >= 11 is 0. The number of aromatic nitrogens is 2. The first-order chi connectivity index (χ1) is 12.2. The molecular formula is C19H22N4O2. The van der Waals surface area contributed by atoms with Crippen LogP contribution in [0.3, 0.4) is 0 Å². The normalized spacial score (nSPS) is 15.7. The molecule has 130 valence electrons. The monoisotopic (exact) mass is 338 g/mol. The minimum absolute atomic E-state index is 0.100. The van der Waals surface area contributed by atoms with Crippen molar-refractivity contribution >= 4 is 11.8 Å². The number of nitrogens with zero attached hydrogens (tertiary/aromatic N) is 2. The smallest absolute Gasteiger partial charge is 0.272 e. The zero-order valence-corrected chi connectivity index (χ0v) is 14.1.